The van der Waals surface area contributed by atoms with Gasteiger partial charge in [0, 0.05) is 12.5 Å². The highest BCUT2D eigenvalue weighted by molar-refractivity contribution is 5.86. The van der Waals surface area contributed by atoms with Crippen molar-refractivity contribution >= 4 is 5.78 Å². The number of piperidine rings is 1. The molecule has 3 heteroatoms. The molecule has 0 aliphatic carbocycles. The standard InChI is InChI=1S/C11H19NO2/c13-11(9-4-3-7-14-8-9)10-5-1-2-6-12-10/h9-10,12H,1-8H2/t9-,10-/m1/s1. The maximum atomic E-state index is 12.0. The lowest BCUT2D eigenvalue weighted by atomic mass is 9.89. The largest absolute Gasteiger partial charge is 0.381 e. The maximum Gasteiger partial charge on any atom is 0.155 e. The highest BCUT2D eigenvalue weighted by Crippen LogP contribution is 2.19. The highest BCUT2D eigenvalue weighted by atomic mass is 16.5. The summed E-state index contributed by atoms with van der Waals surface area (Å²) in [7, 11) is 0. The first kappa shape index (κ1) is 10.1. The van der Waals surface area contributed by atoms with Crippen molar-refractivity contribution in [2.24, 2.45) is 5.92 Å². The lowest BCUT2D eigenvalue weighted by Crippen LogP contribution is -2.45. The van der Waals surface area contributed by atoms with Crippen LogP contribution >= 0.6 is 0 Å². The normalized spacial score (nSPS) is 34.0. The first-order valence-corrected chi connectivity index (χ1v) is 5.73. The summed E-state index contributed by atoms with van der Waals surface area (Å²) < 4.78 is 5.35. The third-order valence-corrected chi connectivity index (χ3v) is 3.22. The monoisotopic (exact) mass is 197 g/mol. The van der Waals surface area contributed by atoms with E-state index in [9.17, 15) is 4.79 Å². The Balaban J connectivity index is 1.85. The molecule has 0 saturated carbocycles. The van der Waals surface area contributed by atoms with E-state index in [1.165, 1.54) is 12.8 Å². The molecule has 1 N–H and O–H groups in total. The Morgan fingerprint density at radius 2 is 2.14 bits per heavy atom. The zero-order valence-electron chi connectivity index (χ0n) is 8.63. The van der Waals surface area contributed by atoms with Crippen molar-refractivity contribution in [1.82, 2.24) is 5.32 Å². The first-order chi connectivity index (χ1) is 6.88. The molecule has 80 valence electrons. The molecule has 2 aliphatic rings. The Kier molecular flexibility index (Phi) is 3.54. The predicted molar refractivity (Wildman–Crippen MR) is 54.2 cm³/mol. The fraction of sp³-hybridized carbons (Fsp3) is 0.909. The van der Waals surface area contributed by atoms with E-state index in [0.717, 1.165) is 32.4 Å². The first-order valence-electron chi connectivity index (χ1n) is 5.73. The number of ether oxygens (including phenoxy) is 1. The lowest BCUT2D eigenvalue weighted by molar-refractivity contribution is -0.129. The summed E-state index contributed by atoms with van der Waals surface area (Å²) >= 11 is 0. The Labute approximate surface area is 85.2 Å². The van der Waals surface area contributed by atoms with Crippen LogP contribution in [0.1, 0.15) is 32.1 Å². The van der Waals surface area contributed by atoms with Gasteiger partial charge in [0.1, 0.15) is 0 Å². The highest BCUT2D eigenvalue weighted by Gasteiger charge is 2.29. The number of rotatable bonds is 2. The second-order valence-electron chi connectivity index (χ2n) is 4.32. The van der Waals surface area contributed by atoms with Gasteiger partial charge >= 0.3 is 0 Å². The van der Waals surface area contributed by atoms with Crippen LogP contribution in [0, 0.1) is 5.92 Å². The minimum atomic E-state index is 0.121. The van der Waals surface area contributed by atoms with Gasteiger partial charge in [-0.3, -0.25) is 4.79 Å². The molecule has 2 rings (SSSR count). The summed E-state index contributed by atoms with van der Waals surface area (Å²) in [5.41, 5.74) is 0. The summed E-state index contributed by atoms with van der Waals surface area (Å²) in [6, 6.07) is 0.121. The molecular formula is C11H19NO2. The van der Waals surface area contributed by atoms with Gasteiger partial charge in [-0.1, -0.05) is 6.42 Å². The Bertz CT molecular complexity index is 173. The summed E-state index contributed by atoms with van der Waals surface area (Å²) in [4.78, 5) is 12.0. The quantitative estimate of drug-likeness (QED) is 0.721. The van der Waals surface area contributed by atoms with Crippen LogP contribution in [0.5, 0.6) is 0 Å². The summed E-state index contributed by atoms with van der Waals surface area (Å²) in [6.45, 7) is 2.49. The lowest BCUT2D eigenvalue weighted by Gasteiger charge is -2.28. The van der Waals surface area contributed by atoms with E-state index in [-0.39, 0.29) is 12.0 Å². The average Bonchev–Trinajstić information content (AvgIpc) is 2.30. The number of carbonyl (C=O) groups is 1. The molecule has 0 aromatic rings. The summed E-state index contributed by atoms with van der Waals surface area (Å²) in [5, 5.41) is 3.31. The van der Waals surface area contributed by atoms with Gasteiger partial charge in [-0.2, -0.15) is 0 Å². The number of hydrogen-bond donors (Lipinski definition) is 1. The van der Waals surface area contributed by atoms with Gasteiger partial charge < -0.3 is 10.1 Å². The van der Waals surface area contributed by atoms with Crippen LogP contribution in [-0.2, 0) is 9.53 Å². The number of hydrogen-bond acceptors (Lipinski definition) is 3. The number of Topliss-reactive ketones (excluding diaryl/α,β-unsaturated/α-hetero) is 1. The number of carbonyl (C=O) groups excluding carboxylic acids is 1. The topological polar surface area (TPSA) is 38.3 Å². The van der Waals surface area contributed by atoms with E-state index in [0.29, 0.717) is 12.4 Å². The molecule has 0 unspecified atom stereocenters. The number of nitrogens with one attached hydrogen (secondary N) is 1. The van der Waals surface area contributed by atoms with Crippen LogP contribution in [0.3, 0.4) is 0 Å². The molecular weight excluding hydrogens is 178 g/mol. The molecule has 2 heterocycles. The van der Waals surface area contributed by atoms with Crippen molar-refractivity contribution in [3.63, 3.8) is 0 Å². The Hall–Kier alpha value is -0.410. The molecule has 0 aromatic carbocycles. The van der Waals surface area contributed by atoms with Crippen molar-refractivity contribution in [2.45, 2.75) is 38.1 Å². The fourth-order valence-electron chi connectivity index (χ4n) is 2.34. The van der Waals surface area contributed by atoms with Gasteiger partial charge in [-0.25, -0.2) is 0 Å². The minimum Gasteiger partial charge on any atom is -0.381 e. The van der Waals surface area contributed by atoms with Crippen LogP contribution < -0.4 is 5.32 Å². The van der Waals surface area contributed by atoms with E-state index in [4.69, 9.17) is 4.74 Å². The zero-order chi connectivity index (χ0) is 9.80. The van der Waals surface area contributed by atoms with Crippen LogP contribution in [0.15, 0.2) is 0 Å². The second kappa shape index (κ2) is 4.89. The predicted octanol–water partition coefficient (Wildman–Crippen LogP) is 1.12. The number of ketones is 1. The third-order valence-electron chi connectivity index (χ3n) is 3.22. The molecule has 0 radical (unpaired) electrons. The van der Waals surface area contributed by atoms with E-state index >= 15 is 0 Å². The smallest absolute Gasteiger partial charge is 0.155 e. The molecule has 14 heavy (non-hydrogen) atoms. The summed E-state index contributed by atoms with van der Waals surface area (Å²) in [6.07, 6.45) is 5.50. The SMILES string of the molecule is O=C([C@@H]1CCCOC1)[C@H]1CCCCN1. The van der Waals surface area contributed by atoms with E-state index in [2.05, 4.69) is 5.32 Å². The Morgan fingerprint density at radius 3 is 2.79 bits per heavy atom. The van der Waals surface area contributed by atoms with Crippen molar-refractivity contribution in [3.05, 3.63) is 0 Å². The molecule has 2 saturated heterocycles. The molecule has 3 nitrogen and oxygen atoms in total. The second-order valence-corrected chi connectivity index (χ2v) is 4.32. The van der Waals surface area contributed by atoms with E-state index in [1.807, 2.05) is 0 Å². The molecule has 2 fully saturated rings. The van der Waals surface area contributed by atoms with Crippen LogP contribution in [0.2, 0.25) is 0 Å². The molecule has 0 spiro atoms. The van der Waals surface area contributed by atoms with Crippen LogP contribution in [0.4, 0.5) is 0 Å². The van der Waals surface area contributed by atoms with Crippen molar-refractivity contribution < 1.29 is 9.53 Å². The average molecular weight is 197 g/mol. The minimum absolute atomic E-state index is 0.121. The zero-order valence-corrected chi connectivity index (χ0v) is 8.63. The Morgan fingerprint density at radius 1 is 1.21 bits per heavy atom. The van der Waals surface area contributed by atoms with Gasteiger partial charge in [0.2, 0.25) is 0 Å². The molecule has 2 atom stereocenters. The van der Waals surface area contributed by atoms with Crippen molar-refractivity contribution in [2.75, 3.05) is 19.8 Å². The van der Waals surface area contributed by atoms with Gasteiger partial charge in [0.25, 0.3) is 0 Å². The van der Waals surface area contributed by atoms with Crippen LogP contribution in [-0.4, -0.2) is 31.6 Å². The van der Waals surface area contributed by atoms with Gasteiger partial charge in [0.05, 0.1) is 12.6 Å². The van der Waals surface area contributed by atoms with Crippen molar-refractivity contribution in [3.8, 4) is 0 Å². The fourth-order valence-corrected chi connectivity index (χ4v) is 2.34. The maximum absolute atomic E-state index is 12.0. The van der Waals surface area contributed by atoms with Crippen molar-refractivity contribution in [1.29, 1.82) is 0 Å². The third kappa shape index (κ3) is 2.34. The molecule has 0 bridgehead atoms. The van der Waals surface area contributed by atoms with Crippen LogP contribution in [0.25, 0.3) is 0 Å². The summed E-state index contributed by atoms with van der Waals surface area (Å²) in [5.74, 6) is 0.559. The van der Waals surface area contributed by atoms with E-state index in [1.54, 1.807) is 0 Å². The van der Waals surface area contributed by atoms with Gasteiger partial charge in [0.15, 0.2) is 5.78 Å². The molecule has 0 aromatic heterocycles. The van der Waals surface area contributed by atoms with Gasteiger partial charge in [-0.15, -0.1) is 0 Å². The van der Waals surface area contributed by atoms with Gasteiger partial charge in [-0.05, 0) is 32.2 Å². The molecule has 0 amide bonds. The molecule has 2 aliphatic heterocycles. The van der Waals surface area contributed by atoms with E-state index < -0.39 is 0 Å².